The minimum Gasteiger partial charge on any atom is -0.497 e. The van der Waals surface area contributed by atoms with Crippen LogP contribution in [0, 0.1) is 0 Å². The van der Waals surface area contributed by atoms with Gasteiger partial charge in [0.1, 0.15) is 24.6 Å². The molecule has 0 radical (unpaired) electrons. The Bertz CT molecular complexity index is 4230. The molecule has 0 bridgehead atoms. The smallest absolute Gasteiger partial charge is 0.324 e. The zero-order valence-electron chi connectivity index (χ0n) is 48.5. The maximum Gasteiger partial charge on any atom is 0.324 e. The van der Waals surface area contributed by atoms with Gasteiger partial charge in [-0.2, -0.15) is 0 Å². The predicted octanol–water partition coefficient (Wildman–Crippen LogP) is 6.93. The molecular formula is C61H60N8O18S4. The monoisotopic (exact) mass is 1320 g/mol. The normalized spacial score (nSPS) is 11.6. The first-order chi connectivity index (χ1) is 43.3. The van der Waals surface area contributed by atoms with Gasteiger partial charge in [-0.3, -0.25) is 46.8 Å². The Morgan fingerprint density at radius 2 is 0.714 bits per heavy atom. The zero-order chi connectivity index (χ0) is 65.7. The molecule has 0 unspecified atom stereocenters. The van der Waals surface area contributed by atoms with E-state index in [0.29, 0.717) is 17.9 Å². The summed E-state index contributed by atoms with van der Waals surface area (Å²) >= 11 is 0. The van der Waals surface area contributed by atoms with E-state index < -0.39 is 88.8 Å². The first kappa shape index (κ1) is 66.6. The Morgan fingerprint density at radius 3 is 1.04 bits per heavy atom. The van der Waals surface area contributed by atoms with E-state index in [9.17, 15) is 72.7 Å². The number of methoxy groups -OCH3 is 2. The predicted molar refractivity (Wildman–Crippen MR) is 339 cm³/mol. The van der Waals surface area contributed by atoms with Crippen LogP contribution in [0.25, 0.3) is 21.5 Å². The minimum absolute atomic E-state index is 0.0188. The highest BCUT2D eigenvalue weighted by Crippen LogP contribution is 2.38. The molecule has 0 aromatic heterocycles. The first-order valence-corrected chi connectivity index (χ1v) is 33.3. The summed E-state index contributed by atoms with van der Waals surface area (Å²) in [6.07, 6.45) is -0.516. The van der Waals surface area contributed by atoms with E-state index in [1.165, 1.54) is 148 Å². The van der Waals surface area contributed by atoms with E-state index in [0.717, 1.165) is 8.61 Å². The second kappa shape index (κ2) is 28.9. The summed E-state index contributed by atoms with van der Waals surface area (Å²) in [5, 5.41) is 31.0. The number of carboxylic acids is 2. The molecule has 0 aliphatic heterocycles. The average molecular weight is 1320 g/mol. The van der Waals surface area contributed by atoms with Crippen LogP contribution in [-0.2, 0) is 68.9 Å². The first-order valence-electron chi connectivity index (χ1n) is 27.5. The number of nitrogens with zero attached hydrogens (tertiary/aromatic N) is 2. The number of rotatable bonds is 30. The molecule has 91 heavy (non-hydrogen) atoms. The minimum atomic E-state index is -4.45. The number of amides is 4. The van der Waals surface area contributed by atoms with Crippen molar-refractivity contribution in [1.82, 2.24) is 10.6 Å². The van der Waals surface area contributed by atoms with Crippen molar-refractivity contribution in [2.24, 2.45) is 0 Å². The lowest BCUT2D eigenvalue weighted by atomic mass is 10.1. The summed E-state index contributed by atoms with van der Waals surface area (Å²) in [6, 6.07) is 38.9. The molecule has 8 aromatic carbocycles. The maximum atomic E-state index is 13.8. The largest absolute Gasteiger partial charge is 0.497 e. The molecule has 0 fully saturated rings. The maximum absolute atomic E-state index is 13.8. The highest BCUT2D eigenvalue weighted by molar-refractivity contribution is 7.93. The van der Waals surface area contributed by atoms with Gasteiger partial charge in [0.15, 0.2) is 0 Å². The fourth-order valence-electron chi connectivity index (χ4n) is 9.24. The van der Waals surface area contributed by atoms with Crippen LogP contribution < -0.4 is 48.8 Å². The van der Waals surface area contributed by atoms with Gasteiger partial charge in [0, 0.05) is 71.7 Å². The van der Waals surface area contributed by atoms with E-state index in [-0.39, 0.29) is 114 Å². The van der Waals surface area contributed by atoms with Gasteiger partial charge in [-0.25, -0.2) is 33.7 Å². The number of sulfonamides is 4. The summed E-state index contributed by atoms with van der Waals surface area (Å²) in [5.41, 5.74) is 0.548. The number of fused-ring (bicyclic) bond motifs is 2. The third kappa shape index (κ3) is 16.7. The number of anilines is 6. The van der Waals surface area contributed by atoms with Crippen molar-refractivity contribution in [3.05, 3.63) is 170 Å². The van der Waals surface area contributed by atoms with Gasteiger partial charge in [0.25, 0.3) is 40.1 Å². The number of hydrogen-bond donors (Lipinski definition) is 8. The van der Waals surface area contributed by atoms with Crippen molar-refractivity contribution in [3.8, 4) is 11.5 Å². The summed E-state index contributed by atoms with van der Waals surface area (Å²) < 4.78 is 127. The number of ether oxygens (including phenoxy) is 2. The molecule has 0 saturated heterocycles. The van der Waals surface area contributed by atoms with Gasteiger partial charge in [0.05, 0.1) is 56.6 Å². The Morgan fingerprint density at radius 1 is 0.396 bits per heavy atom. The van der Waals surface area contributed by atoms with E-state index in [1.54, 1.807) is 36.4 Å². The molecule has 4 amide bonds. The second-order valence-electron chi connectivity index (χ2n) is 19.9. The van der Waals surface area contributed by atoms with Crippen LogP contribution in [-0.4, -0.2) is 120 Å². The molecule has 0 aliphatic carbocycles. The standard InChI is InChI=1S/C61H60N8O18S4/c1-86-42-16-24-46(25-17-42)90(82,83)68(38-60(74)75)54-30-28-52(48-8-3-5-10-50(48)54)66-88(78,79)44-20-12-40(13-21-44)64-58(72)34-32-56(70)62-36-7-37-63-57(71)33-35-59(73)65-41-14-22-45(23-15-41)89(80,81)67-53-29-31-55(51-11-6-4-9-49(51)53)69(39-61(76)77)91(84,85)47-26-18-43(87-2)19-27-47/h3-6,8-31,66-67H,7,32-39H2,1-2H3,(H,62,70)(H,63,71)(H,64,72)(H,65,73)(H,74,75)(H,76,77). The summed E-state index contributed by atoms with van der Waals surface area (Å²) in [4.78, 5) is 73.7. The SMILES string of the molecule is COc1ccc(S(=O)(=O)N(CC(=O)O)c2ccc(NS(=O)(=O)c3ccc(NC(=O)CCC(=O)NCCCNC(=O)CCC(=O)Nc4ccc(S(=O)(=O)Nc5ccc(N(CC(=O)O)S(=O)(=O)c6ccc(OC)cc6)c6ccccc56)cc4)cc3)c3ccccc23)cc1. The quantitative estimate of drug-likeness (QED) is 0.0211. The lowest BCUT2D eigenvalue weighted by molar-refractivity contribution is -0.136. The lowest BCUT2D eigenvalue weighted by Gasteiger charge is -2.25. The van der Waals surface area contributed by atoms with Gasteiger partial charge in [-0.1, -0.05) is 48.5 Å². The van der Waals surface area contributed by atoms with Crippen LogP contribution in [0.1, 0.15) is 32.1 Å². The van der Waals surface area contributed by atoms with E-state index in [4.69, 9.17) is 9.47 Å². The third-order valence-corrected chi connectivity index (χ3v) is 20.0. The average Bonchev–Trinajstić information content (AvgIpc) is 0.782. The van der Waals surface area contributed by atoms with Crippen LogP contribution in [0.3, 0.4) is 0 Å². The molecule has 0 spiro atoms. The highest BCUT2D eigenvalue weighted by Gasteiger charge is 2.32. The fourth-order valence-corrected chi connectivity index (χ4v) is 14.3. The number of benzene rings is 8. The Kier molecular flexibility index (Phi) is 21.2. The Hall–Kier alpha value is -10.3. The van der Waals surface area contributed by atoms with Crippen molar-refractivity contribution < 1.29 is 82.1 Å². The molecule has 476 valence electrons. The van der Waals surface area contributed by atoms with Crippen molar-refractivity contribution >= 4 is 131 Å². The number of hydrogen-bond acceptors (Lipinski definition) is 16. The Labute approximate surface area is 523 Å². The van der Waals surface area contributed by atoms with Crippen LogP contribution >= 0.6 is 0 Å². The molecule has 0 atom stereocenters. The zero-order valence-corrected chi connectivity index (χ0v) is 51.7. The molecule has 8 aromatic rings. The van der Waals surface area contributed by atoms with E-state index in [1.807, 2.05) is 0 Å². The molecule has 26 nitrogen and oxygen atoms in total. The highest BCUT2D eigenvalue weighted by atomic mass is 32.2. The van der Waals surface area contributed by atoms with Crippen molar-refractivity contribution in [2.45, 2.75) is 51.7 Å². The number of carboxylic acid groups (broad SMARTS) is 2. The molecule has 30 heteroatoms. The Balaban J connectivity index is 0.746. The third-order valence-electron chi connectivity index (χ3n) is 13.7. The van der Waals surface area contributed by atoms with Crippen molar-refractivity contribution in [2.75, 3.05) is 69.1 Å². The summed E-state index contributed by atoms with van der Waals surface area (Å²) in [7, 11) is -14.7. The van der Waals surface area contributed by atoms with Crippen molar-refractivity contribution in [3.63, 3.8) is 0 Å². The van der Waals surface area contributed by atoms with Crippen LogP contribution in [0.4, 0.5) is 34.1 Å². The number of carbonyl (C=O) groups is 6. The molecule has 0 saturated carbocycles. The molecule has 0 aliphatic rings. The number of carbonyl (C=O) groups excluding carboxylic acids is 4. The second-order valence-corrected chi connectivity index (χ2v) is 27.0. The van der Waals surface area contributed by atoms with Gasteiger partial charge in [-0.15, -0.1) is 0 Å². The van der Waals surface area contributed by atoms with Gasteiger partial charge in [0.2, 0.25) is 23.6 Å². The van der Waals surface area contributed by atoms with Crippen LogP contribution in [0.5, 0.6) is 11.5 Å². The fraction of sp³-hybridized carbons (Fsp3) is 0.180. The molecule has 8 N–H and O–H groups in total. The van der Waals surface area contributed by atoms with Gasteiger partial charge >= 0.3 is 11.9 Å². The van der Waals surface area contributed by atoms with Gasteiger partial charge < -0.3 is 41.0 Å². The summed E-state index contributed by atoms with van der Waals surface area (Å²) in [6.45, 7) is -1.58. The number of aliphatic carboxylic acids is 2. The van der Waals surface area contributed by atoms with Crippen LogP contribution in [0.2, 0.25) is 0 Å². The van der Waals surface area contributed by atoms with Gasteiger partial charge in [-0.05, 0) is 128 Å². The van der Waals surface area contributed by atoms with E-state index >= 15 is 0 Å². The molecular weight excluding hydrogens is 1260 g/mol. The van der Waals surface area contributed by atoms with E-state index in [2.05, 4.69) is 30.7 Å². The topological polar surface area (TPSA) is 377 Å². The summed E-state index contributed by atoms with van der Waals surface area (Å²) in [5.74, 6) is -4.10. The van der Waals surface area contributed by atoms with Crippen molar-refractivity contribution in [1.29, 1.82) is 0 Å². The lowest BCUT2D eigenvalue weighted by Crippen LogP contribution is -2.36. The number of nitrogens with one attached hydrogen (secondary N) is 6. The van der Waals surface area contributed by atoms with Crippen LogP contribution in [0.15, 0.2) is 189 Å². The molecule has 0 heterocycles. The molecule has 8 rings (SSSR count).